The van der Waals surface area contributed by atoms with Gasteiger partial charge in [0.2, 0.25) is 0 Å². The molecule has 0 bridgehead atoms. The Bertz CT molecular complexity index is 78.6. The monoisotopic (exact) mass is 114 g/mol. The Kier molecular flexibility index (Phi) is 4.32. The number of nitrogens with zero attached hydrogens (tertiary/aromatic N) is 1. The summed E-state index contributed by atoms with van der Waals surface area (Å²) in [6, 6.07) is 0. The highest BCUT2D eigenvalue weighted by atomic mass is 16.4. The van der Waals surface area contributed by atoms with Crippen molar-refractivity contribution >= 4 is 5.71 Å². The van der Waals surface area contributed by atoms with Crippen LogP contribution < -0.4 is 0 Å². The van der Waals surface area contributed by atoms with Crippen molar-refractivity contribution < 1.29 is 5.21 Å². The van der Waals surface area contributed by atoms with E-state index in [1.54, 1.807) is 0 Å². The second-order valence-corrected chi connectivity index (χ2v) is 1.56. The largest absolute Gasteiger partial charge is 0.411 e. The van der Waals surface area contributed by atoms with Gasteiger partial charge < -0.3 is 5.21 Å². The van der Waals surface area contributed by atoms with Crippen LogP contribution in [0.1, 0.15) is 26.7 Å². The molecule has 0 rings (SSSR count). The summed E-state index contributed by atoms with van der Waals surface area (Å²) in [5, 5.41) is 11.3. The maximum atomic E-state index is 8.21. The zero-order chi connectivity index (χ0) is 6.41. The van der Waals surface area contributed by atoms with E-state index in [9.17, 15) is 0 Å². The molecule has 0 amide bonds. The molecule has 0 aromatic carbocycles. The van der Waals surface area contributed by atoms with Crippen molar-refractivity contribution in [2.75, 3.05) is 0 Å². The SMILES string of the molecule is CC[CH]C(CC)=NO. The second kappa shape index (κ2) is 4.62. The van der Waals surface area contributed by atoms with E-state index in [1.807, 2.05) is 20.3 Å². The first-order valence-electron chi connectivity index (χ1n) is 2.89. The van der Waals surface area contributed by atoms with Crippen molar-refractivity contribution in [1.29, 1.82) is 0 Å². The molecule has 0 unspecified atom stereocenters. The van der Waals surface area contributed by atoms with Gasteiger partial charge in [-0.1, -0.05) is 19.0 Å². The Balaban J connectivity index is 3.38. The van der Waals surface area contributed by atoms with Gasteiger partial charge in [-0.2, -0.15) is 0 Å². The van der Waals surface area contributed by atoms with E-state index in [1.165, 1.54) is 0 Å². The molecular weight excluding hydrogens is 102 g/mol. The third-order valence-electron chi connectivity index (χ3n) is 0.930. The van der Waals surface area contributed by atoms with Gasteiger partial charge in [0.15, 0.2) is 0 Å². The highest BCUT2D eigenvalue weighted by Crippen LogP contribution is 1.92. The summed E-state index contributed by atoms with van der Waals surface area (Å²) in [4.78, 5) is 0. The summed E-state index contributed by atoms with van der Waals surface area (Å²) in [5.41, 5.74) is 0.771. The summed E-state index contributed by atoms with van der Waals surface area (Å²) in [5.74, 6) is 0. The molecule has 1 radical (unpaired) electrons. The van der Waals surface area contributed by atoms with Crippen LogP contribution in [-0.4, -0.2) is 10.9 Å². The maximum absolute atomic E-state index is 8.21. The van der Waals surface area contributed by atoms with Crippen molar-refractivity contribution in [2.24, 2.45) is 5.16 Å². The van der Waals surface area contributed by atoms with Crippen LogP contribution >= 0.6 is 0 Å². The van der Waals surface area contributed by atoms with E-state index in [0.29, 0.717) is 0 Å². The lowest BCUT2D eigenvalue weighted by molar-refractivity contribution is 0.318. The molecule has 0 saturated carbocycles. The van der Waals surface area contributed by atoms with Crippen molar-refractivity contribution in [1.82, 2.24) is 0 Å². The van der Waals surface area contributed by atoms with E-state index in [2.05, 4.69) is 5.16 Å². The summed E-state index contributed by atoms with van der Waals surface area (Å²) in [7, 11) is 0. The van der Waals surface area contributed by atoms with Crippen LogP contribution in [0.4, 0.5) is 0 Å². The molecule has 0 aliphatic carbocycles. The van der Waals surface area contributed by atoms with Crippen molar-refractivity contribution in [3.8, 4) is 0 Å². The minimum absolute atomic E-state index is 0.771. The zero-order valence-corrected chi connectivity index (χ0v) is 5.39. The quantitative estimate of drug-likeness (QED) is 0.339. The number of oxime groups is 1. The molecule has 1 N–H and O–H groups in total. The molecule has 8 heavy (non-hydrogen) atoms. The number of hydrogen-bond acceptors (Lipinski definition) is 2. The smallest absolute Gasteiger partial charge is 0.0605 e. The molecule has 0 aliphatic rings. The molecule has 0 atom stereocenters. The fourth-order valence-corrected chi connectivity index (χ4v) is 0.491. The van der Waals surface area contributed by atoms with Crippen LogP contribution in [0.15, 0.2) is 5.16 Å². The topological polar surface area (TPSA) is 32.6 Å². The van der Waals surface area contributed by atoms with Crippen LogP contribution in [0.25, 0.3) is 0 Å². The van der Waals surface area contributed by atoms with Gasteiger partial charge in [-0.15, -0.1) is 0 Å². The van der Waals surface area contributed by atoms with E-state index in [0.717, 1.165) is 18.6 Å². The molecule has 0 heterocycles. The molecule has 2 heteroatoms. The molecule has 0 spiro atoms. The molecule has 2 nitrogen and oxygen atoms in total. The van der Waals surface area contributed by atoms with Gasteiger partial charge in [-0.25, -0.2) is 0 Å². The van der Waals surface area contributed by atoms with Crippen LogP contribution in [0.5, 0.6) is 0 Å². The number of hydrogen-bond donors (Lipinski definition) is 1. The van der Waals surface area contributed by atoms with Gasteiger partial charge in [0, 0.05) is 6.42 Å². The molecule has 0 aromatic heterocycles. The van der Waals surface area contributed by atoms with Crippen LogP contribution in [0, 0.1) is 6.42 Å². The van der Waals surface area contributed by atoms with Crippen molar-refractivity contribution in [2.45, 2.75) is 26.7 Å². The Morgan fingerprint density at radius 1 is 1.62 bits per heavy atom. The first kappa shape index (κ1) is 7.47. The molecule has 0 fully saturated rings. The standard InChI is InChI=1S/C6H12NO/c1-3-5-6(4-2)7-8/h5,8H,3-4H2,1-2H3. The Labute approximate surface area is 50.2 Å². The fourth-order valence-electron chi connectivity index (χ4n) is 0.491. The first-order valence-corrected chi connectivity index (χ1v) is 2.89. The summed E-state index contributed by atoms with van der Waals surface area (Å²) in [6.07, 6.45) is 3.65. The third-order valence-corrected chi connectivity index (χ3v) is 0.930. The second-order valence-electron chi connectivity index (χ2n) is 1.56. The van der Waals surface area contributed by atoms with Gasteiger partial charge in [0.05, 0.1) is 5.71 Å². The van der Waals surface area contributed by atoms with Crippen LogP contribution in [0.3, 0.4) is 0 Å². The molecular formula is C6H12NO. The lowest BCUT2D eigenvalue weighted by Gasteiger charge is -1.93. The van der Waals surface area contributed by atoms with E-state index < -0.39 is 0 Å². The molecule has 0 aliphatic heterocycles. The van der Waals surface area contributed by atoms with E-state index in [4.69, 9.17) is 5.21 Å². The lowest BCUT2D eigenvalue weighted by Crippen LogP contribution is -1.94. The van der Waals surface area contributed by atoms with Gasteiger partial charge >= 0.3 is 0 Å². The van der Waals surface area contributed by atoms with Crippen molar-refractivity contribution in [3.05, 3.63) is 6.42 Å². The summed E-state index contributed by atoms with van der Waals surface area (Å²) >= 11 is 0. The predicted octanol–water partition coefficient (Wildman–Crippen LogP) is 1.84. The van der Waals surface area contributed by atoms with Crippen molar-refractivity contribution in [3.63, 3.8) is 0 Å². The molecule has 47 valence electrons. The molecule has 0 aromatic rings. The van der Waals surface area contributed by atoms with Gasteiger partial charge in [-0.05, 0) is 12.8 Å². The van der Waals surface area contributed by atoms with Crippen LogP contribution in [0.2, 0.25) is 0 Å². The Morgan fingerprint density at radius 2 is 2.25 bits per heavy atom. The van der Waals surface area contributed by atoms with Crippen LogP contribution in [-0.2, 0) is 0 Å². The minimum Gasteiger partial charge on any atom is -0.411 e. The minimum atomic E-state index is 0.771. The van der Waals surface area contributed by atoms with Gasteiger partial charge in [-0.3, -0.25) is 0 Å². The van der Waals surface area contributed by atoms with Gasteiger partial charge in [0.1, 0.15) is 0 Å². The maximum Gasteiger partial charge on any atom is 0.0605 e. The highest BCUT2D eigenvalue weighted by molar-refractivity contribution is 5.91. The average Bonchev–Trinajstić information content (AvgIpc) is 1.83. The van der Waals surface area contributed by atoms with Gasteiger partial charge in [0.25, 0.3) is 0 Å². The summed E-state index contributed by atoms with van der Waals surface area (Å²) in [6.45, 7) is 3.97. The predicted molar refractivity (Wildman–Crippen MR) is 34.1 cm³/mol. The number of rotatable bonds is 3. The zero-order valence-electron chi connectivity index (χ0n) is 5.39. The Morgan fingerprint density at radius 3 is 2.38 bits per heavy atom. The Hall–Kier alpha value is -0.530. The lowest BCUT2D eigenvalue weighted by atomic mass is 10.2. The normalized spacial score (nSPS) is 12.0. The molecule has 0 saturated heterocycles. The van der Waals surface area contributed by atoms with E-state index in [-0.39, 0.29) is 0 Å². The third kappa shape index (κ3) is 2.61. The first-order chi connectivity index (χ1) is 3.85. The summed E-state index contributed by atoms with van der Waals surface area (Å²) < 4.78 is 0. The fraction of sp³-hybridized carbons (Fsp3) is 0.667. The highest BCUT2D eigenvalue weighted by Gasteiger charge is 1.91. The van der Waals surface area contributed by atoms with E-state index >= 15 is 0 Å². The average molecular weight is 114 g/mol.